The van der Waals surface area contributed by atoms with E-state index in [2.05, 4.69) is 4.74 Å². The molecule has 0 radical (unpaired) electrons. The average Bonchev–Trinajstić information content (AvgIpc) is 2.00. The van der Waals surface area contributed by atoms with Crippen molar-refractivity contribution in [2.45, 2.75) is 39.0 Å². The lowest BCUT2D eigenvalue weighted by Crippen LogP contribution is -2.49. The van der Waals surface area contributed by atoms with Crippen molar-refractivity contribution in [2.75, 3.05) is 6.61 Å². The van der Waals surface area contributed by atoms with Gasteiger partial charge >= 0.3 is 5.97 Å². The Bertz CT molecular complexity index is 278. The van der Waals surface area contributed by atoms with Crippen molar-refractivity contribution in [1.82, 2.24) is 0 Å². The molecule has 0 aromatic carbocycles. The molecule has 0 amide bonds. The van der Waals surface area contributed by atoms with Crippen molar-refractivity contribution in [3.8, 4) is 0 Å². The van der Waals surface area contributed by atoms with Crippen LogP contribution in [0, 0.1) is 5.41 Å². The Morgan fingerprint density at radius 2 is 1.87 bits per heavy atom. The highest BCUT2D eigenvalue weighted by molar-refractivity contribution is 5.99. The van der Waals surface area contributed by atoms with Crippen molar-refractivity contribution >= 4 is 11.8 Å². The number of carbonyl (C=O) groups is 2. The summed E-state index contributed by atoms with van der Waals surface area (Å²) in [7, 11) is 0. The number of ketones is 1. The van der Waals surface area contributed by atoms with Crippen molar-refractivity contribution in [3.63, 3.8) is 0 Å². The average molecular weight is 220 g/mol. The zero-order valence-corrected chi connectivity index (χ0v) is 8.81. The zero-order chi connectivity index (χ0) is 11.7. The molecule has 3 nitrogen and oxygen atoms in total. The molecule has 0 heterocycles. The number of rotatable bonds is 4. The second-order valence-corrected chi connectivity index (χ2v) is 4.18. The minimum atomic E-state index is -2.75. The monoisotopic (exact) mass is 220 g/mol. The lowest BCUT2D eigenvalue weighted by atomic mass is 9.64. The molecular weight excluding hydrogens is 206 g/mol. The number of carbonyl (C=O) groups excluding carboxylic acids is 2. The molecule has 1 aliphatic rings. The van der Waals surface area contributed by atoms with Crippen LogP contribution in [0.1, 0.15) is 33.1 Å². The summed E-state index contributed by atoms with van der Waals surface area (Å²) in [4.78, 5) is 22.5. The molecule has 0 aromatic rings. The first kappa shape index (κ1) is 12.1. The van der Waals surface area contributed by atoms with Crippen molar-refractivity contribution < 1.29 is 23.1 Å². The second-order valence-electron chi connectivity index (χ2n) is 4.18. The lowest BCUT2D eigenvalue weighted by Gasteiger charge is -2.43. The number of esters is 1. The van der Waals surface area contributed by atoms with Gasteiger partial charge in [-0.05, 0) is 6.92 Å². The van der Waals surface area contributed by atoms with Gasteiger partial charge in [0.25, 0.3) is 0 Å². The fourth-order valence-electron chi connectivity index (χ4n) is 1.84. The third-order valence-corrected chi connectivity index (χ3v) is 2.58. The molecule has 5 heteroatoms. The highest BCUT2D eigenvalue weighted by atomic mass is 19.3. The predicted molar refractivity (Wildman–Crippen MR) is 48.5 cm³/mol. The first-order chi connectivity index (χ1) is 6.79. The number of halogens is 2. The fraction of sp³-hybridized carbons (Fsp3) is 0.800. The van der Waals surface area contributed by atoms with Crippen LogP contribution >= 0.6 is 0 Å². The van der Waals surface area contributed by atoms with Crippen molar-refractivity contribution in [2.24, 2.45) is 5.41 Å². The molecule has 0 atom stereocenters. The van der Waals surface area contributed by atoms with E-state index in [-0.39, 0.29) is 6.61 Å². The maximum Gasteiger partial charge on any atom is 0.313 e. The van der Waals surface area contributed by atoms with Gasteiger partial charge < -0.3 is 4.74 Å². The van der Waals surface area contributed by atoms with Crippen LogP contribution in [0.3, 0.4) is 0 Å². The number of hydrogen-bond donors (Lipinski definition) is 0. The molecule has 1 fully saturated rings. The summed E-state index contributed by atoms with van der Waals surface area (Å²) in [5, 5.41) is 0. The summed E-state index contributed by atoms with van der Waals surface area (Å²) < 4.78 is 29.8. The Hall–Kier alpha value is -1.00. The minimum absolute atomic E-state index is 0.193. The molecular formula is C10H14F2O3. The van der Waals surface area contributed by atoms with E-state index in [0.29, 0.717) is 0 Å². The predicted octanol–water partition coefficient (Wildman–Crippen LogP) is 1.94. The summed E-state index contributed by atoms with van der Waals surface area (Å²) in [6, 6.07) is 0. The molecule has 1 aliphatic carbocycles. The number of hydrogen-bond acceptors (Lipinski definition) is 3. The van der Waals surface area contributed by atoms with Gasteiger partial charge in [-0.25, -0.2) is 8.78 Å². The molecule has 0 bridgehead atoms. The van der Waals surface area contributed by atoms with E-state index in [0.717, 1.165) is 0 Å². The maximum absolute atomic E-state index is 12.6. The maximum atomic E-state index is 12.6. The van der Waals surface area contributed by atoms with E-state index in [4.69, 9.17) is 0 Å². The first-order valence-electron chi connectivity index (χ1n) is 4.86. The van der Waals surface area contributed by atoms with E-state index >= 15 is 0 Å². The SMILES string of the molecule is CCOC(=O)CC(=O)C1(C)CC(F)(F)C1. The second kappa shape index (κ2) is 3.87. The first-order valence-corrected chi connectivity index (χ1v) is 4.86. The van der Waals surface area contributed by atoms with Crippen molar-refractivity contribution in [3.05, 3.63) is 0 Å². The van der Waals surface area contributed by atoms with Crippen LogP contribution in [0.5, 0.6) is 0 Å². The van der Waals surface area contributed by atoms with Crippen LogP contribution in [-0.4, -0.2) is 24.3 Å². The summed E-state index contributed by atoms with van der Waals surface area (Å²) >= 11 is 0. The quantitative estimate of drug-likeness (QED) is 0.537. The minimum Gasteiger partial charge on any atom is -0.466 e. The Balaban J connectivity index is 2.45. The van der Waals surface area contributed by atoms with Crippen molar-refractivity contribution in [1.29, 1.82) is 0 Å². The number of alkyl halides is 2. The zero-order valence-electron chi connectivity index (χ0n) is 8.81. The van der Waals surface area contributed by atoms with Gasteiger partial charge in [-0.3, -0.25) is 9.59 Å². The summed E-state index contributed by atoms with van der Waals surface area (Å²) in [6.45, 7) is 3.28. The Morgan fingerprint density at radius 3 is 2.27 bits per heavy atom. The van der Waals surface area contributed by atoms with Crippen LogP contribution in [0.2, 0.25) is 0 Å². The van der Waals surface area contributed by atoms with Gasteiger partial charge in [-0.15, -0.1) is 0 Å². The van der Waals surface area contributed by atoms with E-state index in [9.17, 15) is 18.4 Å². The highest BCUT2D eigenvalue weighted by Gasteiger charge is 2.57. The largest absolute Gasteiger partial charge is 0.466 e. The Kier molecular flexibility index (Phi) is 3.11. The molecule has 0 aliphatic heterocycles. The molecule has 86 valence electrons. The molecule has 0 aromatic heterocycles. The van der Waals surface area contributed by atoms with Crippen LogP contribution < -0.4 is 0 Å². The molecule has 0 N–H and O–H groups in total. The third kappa shape index (κ3) is 2.73. The fourth-order valence-corrected chi connectivity index (χ4v) is 1.84. The molecule has 0 saturated heterocycles. The number of ether oxygens (including phenoxy) is 1. The third-order valence-electron chi connectivity index (χ3n) is 2.58. The van der Waals surface area contributed by atoms with Gasteiger partial charge in [0.2, 0.25) is 5.92 Å². The summed E-state index contributed by atoms with van der Waals surface area (Å²) in [6.07, 6.45) is -1.32. The van der Waals surface area contributed by atoms with Gasteiger partial charge in [-0.2, -0.15) is 0 Å². The summed E-state index contributed by atoms with van der Waals surface area (Å²) in [5.74, 6) is -3.84. The van der Waals surface area contributed by atoms with Crippen LogP contribution in [0.25, 0.3) is 0 Å². The molecule has 0 spiro atoms. The van der Waals surface area contributed by atoms with E-state index in [1.807, 2.05) is 0 Å². The number of Topliss-reactive ketones (excluding diaryl/α,β-unsaturated/α-hetero) is 1. The van der Waals surface area contributed by atoms with Gasteiger partial charge in [0.1, 0.15) is 12.2 Å². The van der Waals surface area contributed by atoms with Gasteiger partial charge in [-0.1, -0.05) is 6.92 Å². The van der Waals surface area contributed by atoms with Crippen LogP contribution in [0.4, 0.5) is 8.78 Å². The van der Waals surface area contributed by atoms with E-state index in [1.165, 1.54) is 6.92 Å². The van der Waals surface area contributed by atoms with E-state index in [1.54, 1.807) is 6.92 Å². The Labute approximate surface area is 86.8 Å². The molecule has 1 rings (SSSR count). The summed E-state index contributed by atoms with van der Waals surface area (Å²) in [5.41, 5.74) is -1.05. The molecule has 1 saturated carbocycles. The van der Waals surface area contributed by atoms with E-state index < -0.39 is 42.4 Å². The van der Waals surface area contributed by atoms with Crippen LogP contribution in [0.15, 0.2) is 0 Å². The standard InChI is InChI=1S/C10H14F2O3/c1-3-15-8(14)4-7(13)9(2)5-10(11,12)6-9/h3-6H2,1-2H3. The lowest BCUT2D eigenvalue weighted by molar-refractivity contribution is -0.175. The Morgan fingerprint density at radius 1 is 1.33 bits per heavy atom. The highest BCUT2D eigenvalue weighted by Crippen LogP contribution is 2.52. The normalized spacial score (nSPS) is 21.6. The topological polar surface area (TPSA) is 43.4 Å². The smallest absolute Gasteiger partial charge is 0.313 e. The van der Waals surface area contributed by atoms with Gasteiger partial charge in [0.05, 0.1) is 6.61 Å². The molecule has 15 heavy (non-hydrogen) atoms. The molecule has 0 unspecified atom stereocenters. The van der Waals surface area contributed by atoms with Crippen LogP contribution in [-0.2, 0) is 14.3 Å². The van der Waals surface area contributed by atoms with Gasteiger partial charge in [0.15, 0.2) is 0 Å². The van der Waals surface area contributed by atoms with Gasteiger partial charge in [0, 0.05) is 18.3 Å².